The van der Waals surface area contributed by atoms with Gasteiger partial charge in [0.05, 0.1) is 6.04 Å². The first kappa shape index (κ1) is 24.2. The molecule has 0 bridgehead atoms. The summed E-state index contributed by atoms with van der Waals surface area (Å²) in [5, 5.41) is 1.39. The summed E-state index contributed by atoms with van der Waals surface area (Å²) in [4.78, 5) is 4.89. The third-order valence-corrected chi connectivity index (χ3v) is 6.11. The molecule has 0 radical (unpaired) electrons. The zero-order valence-electron chi connectivity index (χ0n) is 19.0. The van der Waals surface area contributed by atoms with Crippen LogP contribution in [0.4, 0.5) is 0 Å². The van der Waals surface area contributed by atoms with Crippen molar-refractivity contribution in [2.45, 2.75) is 51.7 Å². The molecule has 0 aliphatic rings. The summed E-state index contributed by atoms with van der Waals surface area (Å²) in [6.45, 7) is 8.04. The summed E-state index contributed by atoms with van der Waals surface area (Å²) in [5.41, 5.74) is 9.36. The molecule has 2 unspecified atom stereocenters. The monoisotopic (exact) mass is 468 g/mol. The molecule has 3 rings (SSSR count). The minimum absolute atomic E-state index is 0.0542. The number of ether oxygens (including phenoxy) is 1. The molecular weight excluding hydrogens is 439 g/mol. The van der Waals surface area contributed by atoms with Gasteiger partial charge in [0.2, 0.25) is 0 Å². The Bertz CT molecular complexity index is 1040. The third-order valence-electron chi connectivity index (χ3n) is 5.60. The van der Waals surface area contributed by atoms with Crippen molar-refractivity contribution in [1.29, 1.82) is 0 Å². The lowest BCUT2D eigenvalue weighted by Gasteiger charge is -2.29. The molecule has 0 heterocycles. The third kappa shape index (κ3) is 6.51. The molecule has 0 spiro atoms. The highest BCUT2D eigenvalue weighted by molar-refractivity contribution is 6.30. The fourth-order valence-corrected chi connectivity index (χ4v) is 3.82. The molecule has 2 N–H and O–H groups in total. The topological polar surface area (TPSA) is 47.6 Å². The lowest BCUT2D eigenvalue weighted by Crippen LogP contribution is -2.44. The molecule has 0 amide bonds. The lowest BCUT2D eigenvalue weighted by molar-refractivity contribution is 0.180. The largest absolute Gasteiger partial charge is 0.480 e. The van der Waals surface area contributed by atoms with Gasteiger partial charge in [0.25, 0.3) is 0 Å². The number of nitrogens with two attached hydrogens (primary N) is 1. The summed E-state index contributed by atoms with van der Waals surface area (Å²) in [7, 11) is 0. The zero-order chi connectivity index (χ0) is 23.3. The van der Waals surface area contributed by atoms with Gasteiger partial charge in [0.15, 0.2) is 5.60 Å². The molecule has 168 valence electrons. The summed E-state index contributed by atoms with van der Waals surface area (Å²) < 4.78 is 6.12. The number of aryl methyl sites for hydroxylation is 1. The van der Waals surface area contributed by atoms with Crippen molar-refractivity contribution >= 4 is 29.0 Å². The van der Waals surface area contributed by atoms with Gasteiger partial charge in [-0.1, -0.05) is 65.2 Å². The van der Waals surface area contributed by atoms with Crippen molar-refractivity contribution in [2.75, 3.05) is 0 Å². The SMILES string of the molecule is Cc1ccc(C(Cc2ccc(Cl)cc2)C(C)N=C(N)C(C)(C)Oc2ccc(Cl)cc2)cc1. The minimum atomic E-state index is -0.764. The Labute approximate surface area is 201 Å². The molecule has 3 aromatic carbocycles. The maximum Gasteiger partial charge on any atom is 0.160 e. The van der Waals surface area contributed by atoms with E-state index in [1.807, 2.05) is 38.1 Å². The Balaban J connectivity index is 1.85. The van der Waals surface area contributed by atoms with E-state index in [0.717, 1.165) is 11.4 Å². The van der Waals surface area contributed by atoms with Crippen LogP contribution in [0, 0.1) is 6.92 Å². The second-order valence-corrected chi connectivity index (χ2v) is 9.54. The number of hydrogen-bond donors (Lipinski definition) is 1. The Kier molecular flexibility index (Phi) is 7.86. The number of rotatable bonds is 8. The summed E-state index contributed by atoms with van der Waals surface area (Å²) in [6, 6.07) is 23.8. The number of nitrogens with zero attached hydrogens (tertiary/aromatic N) is 1. The number of hydrogen-bond acceptors (Lipinski definition) is 2. The maximum atomic E-state index is 6.46. The second kappa shape index (κ2) is 10.4. The van der Waals surface area contributed by atoms with Crippen LogP contribution in [0.15, 0.2) is 77.8 Å². The van der Waals surface area contributed by atoms with Gasteiger partial charge in [0, 0.05) is 16.0 Å². The fraction of sp³-hybridized carbons (Fsp3) is 0.296. The van der Waals surface area contributed by atoms with E-state index in [9.17, 15) is 0 Å². The molecule has 0 aliphatic heterocycles. The molecule has 0 saturated heterocycles. The molecule has 2 atom stereocenters. The van der Waals surface area contributed by atoms with E-state index < -0.39 is 5.60 Å². The molecule has 0 saturated carbocycles. The molecule has 3 aromatic rings. The molecule has 3 nitrogen and oxygen atoms in total. The van der Waals surface area contributed by atoms with Crippen molar-refractivity contribution in [1.82, 2.24) is 0 Å². The van der Waals surface area contributed by atoms with Crippen LogP contribution in [-0.4, -0.2) is 17.5 Å². The van der Waals surface area contributed by atoms with Crippen LogP contribution < -0.4 is 10.5 Å². The predicted octanol–water partition coefficient (Wildman–Crippen LogP) is 7.23. The van der Waals surface area contributed by atoms with Crippen molar-refractivity contribution in [3.63, 3.8) is 0 Å². The number of aliphatic imine (C=N–C) groups is 1. The quantitative estimate of drug-likeness (QED) is 0.279. The molecule has 32 heavy (non-hydrogen) atoms. The molecule has 0 aliphatic carbocycles. The fourth-order valence-electron chi connectivity index (χ4n) is 3.57. The van der Waals surface area contributed by atoms with Gasteiger partial charge in [-0.25, -0.2) is 0 Å². The highest BCUT2D eigenvalue weighted by Gasteiger charge is 2.28. The number of benzene rings is 3. The van der Waals surface area contributed by atoms with Gasteiger partial charge in [-0.2, -0.15) is 0 Å². The van der Waals surface area contributed by atoms with E-state index >= 15 is 0 Å². The summed E-state index contributed by atoms with van der Waals surface area (Å²) in [6.07, 6.45) is 0.830. The van der Waals surface area contributed by atoms with Crippen LogP contribution in [-0.2, 0) is 6.42 Å². The van der Waals surface area contributed by atoms with Gasteiger partial charge in [-0.3, -0.25) is 4.99 Å². The van der Waals surface area contributed by atoms with Crippen LogP contribution in [0.25, 0.3) is 0 Å². The van der Waals surface area contributed by atoms with Crippen LogP contribution in [0.2, 0.25) is 10.0 Å². The van der Waals surface area contributed by atoms with E-state index in [4.69, 9.17) is 38.7 Å². The predicted molar refractivity (Wildman–Crippen MR) is 136 cm³/mol. The Morgan fingerprint density at radius 2 is 1.44 bits per heavy atom. The van der Waals surface area contributed by atoms with E-state index in [-0.39, 0.29) is 12.0 Å². The maximum absolute atomic E-state index is 6.46. The van der Waals surface area contributed by atoms with Crippen molar-refractivity contribution in [3.8, 4) is 5.75 Å². The van der Waals surface area contributed by atoms with Gasteiger partial charge in [-0.05, 0) is 81.6 Å². The smallest absolute Gasteiger partial charge is 0.160 e. The molecule has 0 fully saturated rings. The Morgan fingerprint density at radius 3 is 2.00 bits per heavy atom. The van der Waals surface area contributed by atoms with E-state index in [1.165, 1.54) is 16.7 Å². The van der Waals surface area contributed by atoms with Crippen molar-refractivity contribution in [2.24, 2.45) is 10.7 Å². The Morgan fingerprint density at radius 1 is 0.906 bits per heavy atom. The van der Waals surface area contributed by atoms with Gasteiger partial charge >= 0.3 is 0 Å². The average Bonchev–Trinajstić information content (AvgIpc) is 2.75. The second-order valence-electron chi connectivity index (χ2n) is 8.67. The zero-order valence-corrected chi connectivity index (χ0v) is 20.5. The van der Waals surface area contributed by atoms with Gasteiger partial charge in [0.1, 0.15) is 11.6 Å². The minimum Gasteiger partial charge on any atom is -0.480 e. The molecular formula is C27H30Cl2N2O. The normalized spacial score (nSPS) is 14.1. The van der Waals surface area contributed by atoms with Crippen molar-refractivity contribution < 1.29 is 4.74 Å². The summed E-state index contributed by atoms with van der Waals surface area (Å²) in [5.74, 6) is 1.30. The first-order valence-corrected chi connectivity index (χ1v) is 11.5. The molecule has 5 heteroatoms. The number of halogens is 2. The average molecular weight is 469 g/mol. The van der Waals surface area contributed by atoms with Gasteiger partial charge < -0.3 is 10.5 Å². The van der Waals surface area contributed by atoms with E-state index in [0.29, 0.717) is 16.6 Å². The van der Waals surface area contributed by atoms with Crippen LogP contribution in [0.3, 0.4) is 0 Å². The standard InChI is InChI=1S/C27H30Cl2N2O/c1-18-5-9-21(10-6-18)25(17-20-7-11-22(28)12-8-20)19(2)31-26(30)27(3,4)32-24-15-13-23(29)14-16-24/h5-16,19,25H,17H2,1-4H3,(H2,30,31). The lowest BCUT2D eigenvalue weighted by atomic mass is 9.86. The van der Waals surface area contributed by atoms with Crippen LogP contribution in [0.5, 0.6) is 5.75 Å². The highest BCUT2D eigenvalue weighted by atomic mass is 35.5. The number of amidine groups is 1. The van der Waals surface area contributed by atoms with Crippen molar-refractivity contribution in [3.05, 3.63) is 99.5 Å². The first-order valence-electron chi connectivity index (χ1n) is 10.7. The van der Waals surface area contributed by atoms with E-state index in [1.54, 1.807) is 12.1 Å². The van der Waals surface area contributed by atoms with E-state index in [2.05, 4.69) is 50.2 Å². The highest BCUT2D eigenvalue weighted by Crippen LogP contribution is 2.29. The van der Waals surface area contributed by atoms with Crippen LogP contribution >= 0.6 is 23.2 Å². The van der Waals surface area contributed by atoms with Crippen LogP contribution in [0.1, 0.15) is 43.4 Å². The Hall–Kier alpha value is -2.49. The van der Waals surface area contributed by atoms with Gasteiger partial charge in [-0.15, -0.1) is 0 Å². The molecule has 0 aromatic heterocycles. The first-order chi connectivity index (χ1) is 15.1. The summed E-state index contributed by atoms with van der Waals surface area (Å²) >= 11 is 12.1.